The average molecular weight is 339 g/mol. The lowest BCUT2D eigenvalue weighted by Gasteiger charge is -2.17. The molecule has 1 aromatic heterocycles. The SMILES string of the molecule is Cc1cc(C(Cc2c(C)cccc2C)NN)sc1Br. The minimum absolute atomic E-state index is 0.162. The van der Waals surface area contributed by atoms with Crippen molar-refractivity contribution in [1.29, 1.82) is 0 Å². The number of hydrogen-bond donors (Lipinski definition) is 2. The van der Waals surface area contributed by atoms with Crippen LogP contribution in [0.2, 0.25) is 0 Å². The van der Waals surface area contributed by atoms with E-state index in [1.54, 1.807) is 11.3 Å². The van der Waals surface area contributed by atoms with Gasteiger partial charge in [-0.15, -0.1) is 11.3 Å². The van der Waals surface area contributed by atoms with Crippen LogP contribution in [-0.2, 0) is 6.42 Å². The van der Waals surface area contributed by atoms with Crippen LogP contribution in [0.3, 0.4) is 0 Å². The molecule has 2 aromatic rings. The number of aryl methyl sites for hydroxylation is 3. The van der Waals surface area contributed by atoms with Gasteiger partial charge >= 0.3 is 0 Å². The van der Waals surface area contributed by atoms with E-state index in [0.29, 0.717) is 0 Å². The molecule has 0 aliphatic heterocycles. The summed E-state index contributed by atoms with van der Waals surface area (Å²) in [5.74, 6) is 5.75. The van der Waals surface area contributed by atoms with Gasteiger partial charge in [-0.1, -0.05) is 18.2 Å². The Morgan fingerprint density at radius 2 is 1.84 bits per heavy atom. The average Bonchev–Trinajstić information content (AvgIpc) is 2.69. The predicted molar refractivity (Wildman–Crippen MR) is 86.4 cm³/mol. The number of benzene rings is 1. The predicted octanol–water partition coefficient (Wildman–Crippen LogP) is 4.18. The molecule has 0 radical (unpaired) electrons. The topological polar surface area (TPSA) is 38.0 Å². The highest BCUT2D eigenvalue weighted by atomic mass is 79.9. The van der Waals surface area contributed by atoms with Gasteiger partial charge in [0, 0.05) is 4.88 Å². The zero-order valence-corrected chi connectivity index (χ0v) is 13.9. The molecule has 0 aliphatic carbocycles. The monoisotopic (exact) mass is 338 g/mol. The third-order valence-electron chi connectivity index (χ3n) is 3.47. The van der Waals surface area contributed by atoms with E-state index in [2.05, 4.69) is 66.4 Å². The summed E-state index contributed by atoms with van der Waals surface area (Å²) in [4.78, 5) is 1.27. The fraction of sp³-hybridized carbons (Fsp3) is 0.333. The molecular formula is C15H19BrN2S. The summed E-state index contributed by atoms with van der Waals surface area (Å²) in [6, 6.07) is 8.78. The number of thiophene rings is 1. The molecule has 0 amide bonds. The van der Waals surface area contributed by atoms with E-state index in [9.17, 15) is 0 Å². The van der Waals surface area contributed by atoms with Crippen molar-refractivity contribution in [3.8, 4) is 0 Å². The van der Waals surface area contributed by atoms with Gasteiger partial charge in [-0.05, 0) is 71.4 Å². The zero-order chi connectivity index (χ0) is 14.0. The first-order valence-electron chi connectivity index (χ1n) is 6.30. The summed E-state index contributed by atoms with van der Waals surface area (Å²) in [6.45, 7) is 6.42. The molecule has 0 saturated heterocycles. The molecular weight excluding hydrogens is 320 g/mol. The molecule has 2 rings (SSSR count). The fourth-order valence-corrected chi connectivity index (χ4v) is 3.90. The van der Waals surface area contributed by atoms with E-state index in [0.717, 1.165) is 6.42 Å². The number of hydrogen-bond acceptors (Lipinski definition) is 3. The molecule has 2 nitrogen and oxygen atoms in total. The van der Waals surface area contributed by atoms with Crippen molar-refractivity contribution in [1.82, 2.24) is 5.43 Å². The minimum Gasteiger partial charge on any atom is -0.271 e. The molecule has 0 saturated carbocycles. The molecule has 1 aromatic carbocycles. The summed E-state index contributed by atoms with van der Waals surface area (Å²) in [6.07, 6.45) is 0.918. The Balaban J connectivity index is 2.29. The van der Waals surface area contributed by atoms with Crippen molar-refractivity contribution in [3.05, 3.63) is 55.2 Å². The Morgan fingerprint density at radius 3 is 2.32 bits per heavy atom. The van der Waals surface area contributed by atoms with Crippen molar-refractivity contribution >= 4 is 27.3 Å². The van der Waals surface area contributed by atoms with Crippen molar-refractivity contribution < 1.29 is 0 Å². The minimum atomic E-state index is 0.162. The maximum atomic E-state index is 5.75. The van der Waals surface area contributed by atoms with Gasteiger partial charge < -0.3 is 0 Å². The van der Waals surface area contributed by atoms with Crippen LogP contribution in [0.5, 0.6) is 0 Å². The highest BCUT2D eigenvalue weighted by Crippen LogP contribution is 2.33. The van der Waals surface area contributed by atoms with E-state index < -0.39 is 0 Å². The molecule has 102 valence electrons. The molecule has 1 atom stereocenters. The molecule has 0 fully saturated rings. The highest BCUT2D eigenvalue weighted by molar-refractivity contribution is 9.11. The van der Waals surface area contributed by atoms with Crippen LogP contribution in [0.25, 0.3) is 0 Å². The first kappa shape index (κ1) is 14.7. The van der Waals surface area contributed by atoms with Crippen LogP contribution in [0, 0.1) is 20.8 Å². The van der Waals surface area contributed by atoms with Crippen molar-refractivity contribution in [2.45, 2.75) is 33.2 Å². The fourth-order valence-electron chi connectivity index (χ4n) is 2.27. The van der Waals surface area contributed by atoms with Gasteiger partial charge in [-0.3, -0.25) is 11.3 Å². The third-order valence-corrected chi connectivity index (χ3v) is 5.72. The first-order valence-corrected chi connectivity index (χ1v) is 7.91. The molecule has 0 spiro atoms. The normalized spacial score (nSPS) is 12.7. The lowest BCUT2D eigenvalue weighted by Crippen LogP contribution is -2.29. The van der Waals surface area contributed by atoms with Crippen LogP contribution in [0.1, 0.15) is 33.2 Å². The molecule has 3 N–H and O–H groups in total. The van der Waals surface area contributed by atoms with Gasteiger partial charge in [0.05, 0.1) is 9.83 Å². The quantitative estimate of drug-likeness (QED) is 0.648. The highest BCUT2D eigenvalue weighted by Gasteiger charge is 2.16. The smallest absolute Gasteiger partial charge is 0.0731 e. The summed E-state index contributed by atoms with van der Waals surface area (Å²) in [7, 11) is 0. The van der Waals surface area contributed by atoms with Crippen LogP contribution < -0.4 is 11.3 Å². The molecule has 1 unspecified atom stereocenters. The third kappa shape index (κ3) is 3.26. The summed E-state index contributed by atoms with van der Waals surface area (Å²) < 4.78 is 1.18. The number of nitrogens with two attached hydrogens (primary N) is 1. The largest absolute Gasteiger partial charge is 0.271 e. The van der Waals surface area contributed by atoms with Gasteiger partial charge in [0.15, 0.2) is 0 Å². The summed E-state index contributed by atoms with van der Waals surface area (Å²) >= 11 is 5.33. The molecule has 0 bridgehead atoms. The number of nitrogens with one attached hydrogen (secondary N) is 1. The van der Waals surface area contributed by atoms with Crippen molar-refractivity contribution in [3.63, 3.8) is 0 Å². The van der Waals surface area contributed by atoms with E-state index in [1.165, 1.54) is 30.9 Å². The van der Waals surface area contributed by atoms with Crippen LogP contribution in [0.15, 0.2) is 28.1 Å². The Kier molecular flexibility index (Phi) is 4.79. The second-order valence-electron chi connectivity index (χ2n) is 4.90. The first-order chi connectivity index (χ1) is 9.02. The van der Waals surface area contributed by atoms with Crippen molar-refractivity contribution in [2.75, 3.05) is 0 Å². The van der Waals surface area contributed by atoms with Crippen LogP contribution >= 0.6 is 27.3 Å². The zero-order valence-electron chi connectivity index (χ0n) is 11.5. The summed E-state index contributed by atoms with van der Waals surface area (Å²) in [5.41, 5.74) is 8.25. The summed E-state index contributed by atoms with van der Waals surface area (Å²) in [5, 5.41) is 0. The molecule has 19 heavy (non-hydrogen) atoms. The van der Waals surface area contributed by atoms with Crippen LogP contribution in [0.4, 0.5) is 0 Å². The Morgan fingerprint density at radius 1 is 1.21 bits per heavy atom. The standard InChI is InChI=1S/C15H19BrN2S/c1-9-5-4-6-10(2)12(9)8-13(18-17)14-7-11(3)15(16)19-14/h4-7,13,18H,8,17H2,1-3H3. The lowest BCUT2D eigenvalue weighted by molar-refractivity contribution is 0.558. The van der Waals surface area contributed by atoms with Gasteiger partial charge in [-0.25, -0.2) is 0 Å². The number of rotatable bonds is 4. The van der Waals surface area contributed by atoms with Gasteiger partial charge in [0.1, 0.15) is 0 Å². The van der Waals surface area contributed by atoms with E-state index in [1.807, 2.05) is 0 Å². The Bertz CT molecular complexity index is 538. The Hall–Kier alpha value is -0.680. The van der Waals surface area contributed by atoms with Gasteiger partial charge in [-0.2, -0.15) is 0 Å². The van der Waals surface area contributed by atoms with Crippen molar-refractivity contribution in [2.24, 2.45) is 5.84 Å². The molecule has 1 heterocycles. The maximum Gasteiger partial charge on any atom is 0.0731 e. The second kappa shape index (κ2) is 6.18. The molecule has 4 heteroatoms. The lowest BCUT2D eigenvalue weighted by atomic mass is 9.96. The second-order valence-corrected chi connectivity index (χ2v) is 7.30. The van der Waals surface area contributed by atoms with Gasteiger partial charge in [0.2, 0.25) is 0 Å². The number of hydrazine groups is 1. The van der Waals surface area contributed by atoms with E-state index >= 15 is 0 Å². The maximum absolute atomic E-state index is 5.75. The van der Waals surface area contributed by atoms with E-state index in [-0.39, 0.29) is 6.04 Å². The Labute approximate surface area is 127 Å². The van der Waals surface area contributed by atoms with Crippen LogP contribution in [-0.4, -0.2) is 0 Å². The molecule has 0 aliphatic rings. The van der Waals surface area contributed by atoms with E-state index in [4.69, 9.17) is 5.84 Å². The number of halogens is 1. The van der Waals surface area contributed by atoms with Gasteiger partial charge in [0.25, 0.3) is 0 Å².